The van der Waals surface area contributed by atoms with Crippen molar-refractivity contribution in [3.8, 4) is 5.75 Å². The van der Waals surface area contributed by atoms with Crippen molar-refractivity contribution in [2.75, 3.05) is 0 Å². The fraction of sp³-hybridized carbons (Fsp3) is 0. The Balaban J connectivity index is 0.00000121. The normalized spacial score (nSPS) is 10.4. The van der Waals surface area contributed by atoms with Gasteiger partial charge in [0.1, 0.15) is 5.75 Å². The van der Waals surface area contributed by atoms with Gasteiger partial charge in [-0.05, 0) is 24.3 Å². The van der Waals surface area contributed by atoms with Gasteiger partial charge in [-0.1, -0.05) is 0 Å². The monoisotopic (exact) mass is 238 g/mol. The Morgan fingerprint density at radius 1 is 1.08 bits per heavy atom. The van der Waals surface area contributed by atoms with Gasteiger partial charge in [-0.2, -0.15) is 8.42 Å². The standard InChI is InChI=1S/C6H6O4S.Zn/c7-5-1-3-6(4-2-5)11(8,9)10;/h1-4,7H,(H,8,9,10);/q;+2. The molecule has 0 amide bonds. The Hall–Kier alpha value is -0.447. The van der Waals surface area contributed by atoms with E-state index in [1.807, 2.05) is 0 Å². The molecule has 1 aromatic carbocycles. The van der Waals surface area contributed by atoms with Gasteiger partial charge in [-0.25, -0.2) is 0 Å². The van der Waals surface area contributed by atoms with Crippen molar-refractivity contribution >= 4 is 10.1 Å². The van der Waals surface area contributed by atoms with Gasteiger partial charge < -0.3 is 5.11 Å². The summed E-state index contributed by atoms with van der Waals surface area (Å²) in [5, 5.41) is 8.75. The van der Waals surface area contributed by atoms with E-state index in [1.165, 1.54) is 12.1 Å². The Kier molecular flexibility index (Phi) is 3.83. The summed E-state index contributed by atoms with van der Waals surface area (Å²) in [7, 11) is -4.13. The third kappa shape index (κ3) is 2.89. The smallest absolute Gasteiger partial charge is 0.508 e. The van der Waals surface area contributed by atoms with Crippen molar-refractivity contribution in [2.24, 2.45) is 0 Å². The van der Waals surface area contributed by atoms with Gasteiger partial charge in [0.25, 0.3) is 10.1 Å². The van der Waals surface area contributed by atoms with Gasteiger partial charge in [0.05, 0.1) is 4.90 Å². The number of hydrogen-bond acceptors (Lipinski definition) is 3. The van der Waals surface area contributed by atoms with Crippen LogP contribution in [0.1, 0.15) is 0 Å². The molecule has 2 N–H and O–H groups in total. The summed E-state index contributed by atoms with van der Waals surface area (Å²) in [6.45, 7) is 0. The molecule has 0 radical (unpaired) electrons. The van der Waals surface area contributed by atoms with Crippen molar-refractivity contribution in [2.45, 2.75) is 4.90 Å². The van der Waals surface area contributed by atoms with E-state index < -0.39 is 10.1 Å². The van der Waals surface area contributed by atoms with E-state index in [-0.39, 0.29) is 30.1 Å². The van der Waals surface area contributed by atoms with Crippen LogP contribution < -0.4 is 0 Å². The maximum absolute atomic E-state index is 10.4. The summed E-state index contributed by atoms with van der Waals surface area (Å²) in [5.74, 6) is -0.0441. The van der Waals surface area contributed by atoms with Crippen molar-refractivity contribution in [3.63, 3.8) is 0 Å². The average molecular weight is 240 g/mol. The van der Waals surface area contributed by atoms with Crippen LogP contribution in [-0.4, -0.2) is 18.1 Å². The summed E-state index contributed by atoms with van der Waals surface area (Å²) in [5.41, 5.74) is 0. The molecule has 0 bridgehead atoms. The van der Waals surface area contributed by atoms with Gasteiger partial charge in [-0.15, -0.1) is 0 Å². The summed E-state index contributed by atoms with van der Waals surface area (Å²) < 4.78 is 29.3. The molecule has 12 heavy (non-hydrogen) atoms. The zero-order valence-corrected chi connectivity index (χ0v) is 9.92. The Labute approximate surface area is 82.7 Å². The van der Waals surface area contributed by atoms with Crippen molar-refractivity contribution < 1.29 is 37.6 Å². The topological polar surface area (TPSA) is 74.6 Å². The largest absolute Gasteiger partial charge is 2.00 e. The molecule has 0 atom stereocenters. The van der Waals surface area contributed by atoms with E-state index in [2.05, 4.69) is 0 Å². The molecule has 1 aromatic rings. The molecule has 0 heterocycles. The molecular formula is C6H6O4SZn+2. The summed E-state index contributed by atoms with van der Waals surface area (Å²) in [6.07, 6.45) is 0. The fourth-order valence-corrected chi connectivity index (χ4v) is 1.10. The Morgan fingerprint density at radius 3 is 1.83 bits per heavy atom. The van der Waals surface area contributed by atoms with Crippen LogP contribution in [0.25, 0.3) is 0 Å². The molecule has 0 spiro atoms. The molecule has 1 rings (SSSR count). The number of benzene rings is 1. The van der Waals surface area contributed by atoms with Gasteiger partial charge in [0.15, 0.2) is 0 Å². The number of phenolic OH excluding ortho intramolecular Hbond substituents is 1. The number of phenols is 1. The first-order valence-corrected chi connectivity index (χ1v) is 4.21. The molecule has 60 valence electrons. The minimum Gasteiger partial charge on any atom is -0.508 e. The second kappa shape index (κ2) is 3.98. The van der Waals surface area contributed by atoms with Crippen LogP contribution in [-0.2, 0) is 29.6 Å². The van der Waals surface area contributed by atoms with Crippen molar-refractivity contribution in [1.82, 2.24) is 0 Å². The predicted molar refractivity (Wildman–Crippen MR) is 37.9 cm³/mol. The molecule has 0 aliphatic rings. The molecule has 0 fully saturated rings. The third-order valence-corrected chi connectivity index (χ3v) is 2.00. The van der Waals surface area contributed by atoms with Crippen molar-refractivity contribution in [3.05, 3.63) is 24.3 Å². The minimum absolute atomic E-state index is 0. The molecule has 0 unspecified atom stereocenters. The molecule has 4 nitrogen and oxygen atoms in total. The van der Waals surface area contributed by atoms with Crippen LogP contribution in [0.5, 0.6) is 5.75 Å². The predicted octanol–water partition coefficient (Wildman–Crippen LogP) is 0.636. The first-order chi connectivity index (χ1) is 5.00. The maximum Gasteiger partial charge on any atom is 2.00 e. The van der Waals surface area contributed by atoms with E-state index >= 15 is 0 Å². The SMILES string of the molecule is O=S(=O)(O)c1ccc(O)cc1.[Zn+2]. The quantitative estimate of drug-likeness (QED) is 0.557. The minimum atomic E-state index is -4.13. The Morgan fingerprint density at radius 2 is 1.50 bits per heavy atom. The van der Waals surface area contributed by atoms with E-state index in [4.69, 9.17) is 9.66 Å². The molecule has 0 aliphatic carbocycles. The number of hydrogen-bond donors (Lipinski definition) is 2. The van der Waals surface area contributed by atoms with Crippen LogP contribution in [0, 0.1) is 0 Å². The molecule has 0 aromatic heterocycles. The zero-order chi connectivity index (χ0) is 8.48. The van der Waals surface area contributed by atoms with Crippen LogP contribution >= 0.6 is 0 Å². The first kappa shape index (κ1) is 11.6. The molecule has 0 saturated carbocycles. The van der Waals surface area contributed by atoms with Gasteiger partial charge in [0.2, 0.25) is 0 Å². The average Bonchev–Trinajstić information content (AvgIpc) is 1.86. The van der Waals surface area contributed by atoms with E-state index in [1.54, 1.807) is 0 Å². The number of aromatic hydroxyl groups is 1. The zero-order valence-electron chi connectivity index (χ0n) is 6.14. The van der Waals surface area contributed by atoms with Crippen molar-refractivity contribution in [1.29, 1.82) is 0 Å². The van der Waals surface area contributed by atoms with Crippen LogP contribution in [0.2, 0.25) is 0 Å². The van der Waals surface area contributed by atoms with Crippen LogP contribution in [0.4, 0.5) is 0 Å². The van der Waals surface area contributed by atoms with Gasteiger partial charge in [-0.3, -0.25) is 4.55 Å². The molecular weight excluding hydrogens is 234 g/mol. The fourth-order valence-electron chi connectivity index (χ4n) is 0.618. The van der Waals surface area contributed by atoms with Gasteiger partial charge >= 0.3 is 19.5 Å². The summed E-state index contributed by atoms with van der Waals surface area (Å²) in [6, 6.07) is 4.60. The molecule has 0 aliphatic heterocycles. The van der Waals surface area contributed by atoms with Gasteiger partial charge in [0, 0.05) is 0 Å². The summed E-state index contributed by atoms with van der Waals surface area (Å²) >= 11 is 0. The van der Waals surface area contributed by atoms with E-state index in [9.17, 15) is 8.42 Å². The van der Waals surface area contributed by atoms with E-state index in [0.717, 1.165) is 12.1 Å². The summed E-state index contributed by atoms with van der Waals surface area (Å²) in [4.78, 5) is -0.227. The number of rotatable bonds is 1. The Bertz CT molecular complexity index is 342. The van der Waals surface area contributed by atoms with Crippen LogP contribution in [0.3, 0.4) is 0 Å². The maximum atomic E-state index is 10.4. The van der Waals surface area contributed by atoms with E-state index in [0.29, 0.717) is 0 Å². The molecule has 6 heteroatoms. The third-order valence-electron chi connectivity index (χ3n) is 1.13. The second-order valence-electron chi connectivity index (χ2n) is 1.97. The molecule has 0 saturated heterocycles. The van der Waals surface area contributed by atoms with Crippen LogP contribution in [0.15, 0.2) is 29.2 Å². The first-order valence-electron chi connectivity index (χ1n) is 2.77. The second-order valence-corrected chi connectivity index (χ2v) is 3.39.